The molecule has 0 spiro atoms. The van der Waals surface area contributed by atoms with E-state index in [0.717, 1.165) is 46.4 Å². The van der Waals surface area contributed by atoms with Crippen LogP contribution in [0.15, 0.2) is 33.8 Å². The quantitative estimate of drug-likeness (QED) is 0.398. The molecule has 0 amide bonds. The van der Waals surface area contributed by atoms with Gasteiger partial charge in [0.2, 0.25) is 0 Å². The second kappa shape index (κ2) is 10.8. The molecule has 0 aliphatic carbocycles. The van der Waals surface area contributed by atoms with Gasteiger partial charge in [0.1, 0.15) is 5.76 Å². The monoisotopic (exact) mass is 378 g/mol. The Kier molecular flexibility index (Phi) is 8.44. The number of hydrogen-bond acceptors (Lipinski definition) is 4. The Morgan fingerprint density at radius 1 is 1.27 bits per heavy atom. The van der Waals surface area contributed by atoms with Crippen molar-refractivity contribution in [2.75, 3.05) is 20.2 Å². The molecule has 6 nitrogen and oxygen atoms in total. The molecule has 0 fully saturated rings. The van der Waals surface area contributed by atoms with E-state index in [9.17, 15) is 0 Å². The van der Waals surface area contributed by atoms with E-state index in [1.165, 1.54) is 0 Å². The lowest BCUT2D eigenvalue weighted by Crippen LogP contribution is -2.38. The third kappa shape index (κ3) is 6.04. The van der Waals surface area contributed by atoms with Crippen LogP contribution >= 0.6 is 11.6 Å². The summed E-state index contributed by atoms with van der Waals surface area (Å²) in [5.41, 5.74) is 3.18. The highest BCUT2D eigenvalue weighted by Crippen LogP contribution is 2.15. The van der Waals surface area contributed by atoms with Crippen molar-refractivity contribution in [3.05, 3.63) is 51.9 Å². The van der Waals surface area contributed by atoms with Gasteiger partial charge in [0.15, 0.2) is 5.96 Å². The highest BCUT2D eigenvalue weighted by molar-refractivity contribution is 6.30. The van der Waals surface area contributed by atoms with Crippen molar-refractivity contribution < 1.29 is 9.26 Å². The molecule has 1 aromatic carbocycles. The number of halogens is 1. The summed E-state index contributed by atoms with van der Waals surface area (Å²) in [6.07, 6.45) is 1.68. The largest absolute Gasteiger partial charge is 0.375 e. The van der Waals surface area contributed by atoms with Crippen LogP contribution in [-0.4, -0.2) is 31.3 Å². The summed E-state index contributed by atoms with van der Waals surface area (Å²) < 4.78 is 11.0. The molecule has 142 valence electrons. The van der Waals surface area contributed by atoms with Crippen LogP contribution in [0, 0.1) is 0 Å². The highest BCUT2D eigenvalue weighted by Gasteiger charge is 2.13. The topological polar surface area (TPSA) is 71.7 Å². The molecule has 2 N–H and O–H groups in total. The summed E-state index contributed by atoms with van der Waals surface area (Å²) >= 11 is 5.96. The van der Waals surface area contributed by atoms with Crippen molar-refractivity contribution in [3.63, 3.8) is 0 Å². The Hall–Kier alpha value is -2.05. The lowest BCUT2D eigenvalue weighted by Gasteiger charge is -2.12. The normalized spacial score (nSPS) is 11.6. The number of rotatable bonds is 9. The summed E-state index contributed by atoms with van der Waals surface area (Å²) in [5.74, 6) is 1.65. The Morgan fingerprint density at radius 3 is 2.81 bits per heavy atom. The minimum atomic E-state index is 0.536. The number of aryl methyl sites for hydroxylation is 2. The molecule has 0 aliphatic rings. The summed E-state index contributed by atoms with van der Waals surface area (Å²) in [4.78, 5) is 4.24. The fourth-order valence-corrected chi connectivity index (χ4v) is 2.80. The van der Waals surface area contributed by atoms with Gasteiger partial charge in [-0.3, -0.25) is 4.99 Å². The third-order valence-electron chi connectivity index (χ3n) is 3.96. The third-order valence-corrected chi connectivity index (χ3v) is 4.19. The standard InChI is InChI=1S/C19H27ClN4O2/c1-4-17-16(18(5-2)26-24-17)12-23-19(21-3)22-9-10-25-13-14-7-6-8-15(20)11-14/h6-8,11H,4-5,9-10,12-13H2,1-3H3,(H2,21,22,23). The maximum Gasteiger partial charge on any atom is 0.191 e. The molecule has 0 saturated heterocycles. The molecular weight excluding hydrogens is 352 g/mol. The van der Waals surface area contributed by atoms with E-state index < -0.39 is 0 Å². The van der Waals surface area contributed by atoms with Crippen molar-refractivity contribution in [1.29, 1.82) is 0 Å². The molecule has 0 aliphatic heterocycles. The number of aromatic nitrogens is 1. The number of guanidine groups is 1. The Labute approximate surface area is 160 Å². The molecule has 26 heavy (non-hydrogen) atoms. The van der Waals surface area contributed by atoms with Crippen LogP contribution in [0.3, 0.4) is 0 Å². The first kappa shape index (κ1) is 20.3. The smallest absolute Gasteiger partial charge is 0.191 e. The van der Waals surface area contributed by atoms with Crippen LogP contribution in [0.4, 0.5) is 0 Å². The second-order valence-corrected chi connectivity index (χ2v) is 6.21. The van der Waals surface area contributed by atoms with Gasteiger partial charge in [0.05, 0.1) is 18.9 Å². The molecule has 0 bridgehead atoms. The maximum atomic E-state index is 5.96. The van der Waals surface area contributed by atoms with E-state index in [4.69, 9.17) is 20.9 Å². The molecule has 0 unspecified atom stereocenters. The Bertz CT molecular complexity index is 694. The second-order valence-electron chi connectivity index (χ2n) is 5.77. The summed E-state index contributed by atoms with van der Waals surface area (Å²) in [5, 5.41) is 11.4. The minimum Gasteiger partial charge on any atom is -0.375 e. The lowest BCUT2D eigenvalue weighted by atomic mass is 10.1. The predicted molar refractivity (Wildman–Crippen MR) is 105 cm³/mol. The van der Waals surface area contributed by atoms with Gasteiger partial charge < -0.3 is 19.9 Å². The maximum absolute atomic E-state index is 5.96. The van der Waals surface area contributed by atoms with E-state index in [2.05, 4.69) is 34.6 Å². The van der Waals surface area contributed by atoms with Gasteiger partial charge in [-0.05, 0) is 24.1 Å². The van der Waals surface area contributed by atoms with Gasteiger partial charge in [-0.25, -0.2) is 0 Å². The van der Waals surface area contributed by atoms with Crippen LogP contribution in [0.1, 0.15) is 36.4 Å². The summed E-state index contributed by atoms with van der Waals surface area (Å²) in [6.45, 7) is 6.54. The van der Waals surface area contributed by atoms with Gasteiger partial charge in [0, 0.05) is 37.1 Å². The fraction of sp³-hybridized carbons (Fsp3) is 0.474. The van der Waals surface area contributed by atoms with Gasteiger partial charge >= 0.3 is 0 Å². The SMILES string of the molecule is CCc1noc(CC)c1CNC(=NC)NCCOCc1cccc(Cl)c1. The number of aliphatic imine (C=N–C) groups is 1. The van der Waals surface area contributed by atoms with Crippen LogP contribution in [-0.2, 0) is 30.7 Å². The van der Waals surface area contributed by atoms with Crippen LogP contribution in [0.2, 0.25) is 5.02 Å². The van der Waals surface area contributed by atoms with Crippen molar-refractivity contribution >= 4 is 17.6 Å². The fourth-order valence-electron chi connectivity index (χ4n) is 2.59. The molecule has 7 heteroatoms. The minimum absolute atomic E-state index is 0.536. The van der Waals surface area contributed by atoms with Gasteiger partial charge in [0.25, 0.3) is 0 Å². The van der Waals surface area contributed by atoms with Crippen molar-refractivity contribution in [2.24, 2.45) is 4.99 Å². The van der Waals surface area contributed by atoms with Crippen molar-refractivity contribution in [3.8, 4) is 0 Å². The number of nitrogens with one attached hydrogen (secondary N) is 2. The number of nitrogens with zero attached hydrogens (tertiary/aromatic N) is 2. The molecule has 1 heterocycles. The van der Waals surface area contributed by atoms with Crippen molar-refractivity contribution in [2.45, 2.75) is 39.8 Å². The van der Waals surface area contributed by atoms with E-state index in [1.54, 1.807) is 7.05 Å². The molecule has 0 saturated carbocycles. The molecule has 0 atom stereocenters. The van der Waals surface area contributed by atoms with Gasteiger partial charge in [-0.1, -0.05) is 42.7 Å². The Morgan fingerprint density at radius 2 is 2.12 bits per heavy atom. The predicted octanol–water partition coefficient (Wildman–Crippen LogP) is 3.33. The van der Waals surface area contributed by atoms with E-state index >= 15 is 0 Å². The lowest BCUT2D eigenvalue weighted by molar-refractivity contribution is 0.125. The molecular formula is C19H27ClN4O2. The van der Waals surface area contributed by atoms with Crippen LogP contribution in [0.5, 0.6) is 0 Å². The number of ether oxygens (including phenoxy) is 1. The number of benzene rings is 1. The summed E-state index contributed by atoms with van der Waals surface area (Å²) in [6, 6.07) is 7.68. The molecule has 1 aromatic heterocycles. The zero-order valence-corrected chi connectivity index (χ0v) is 16.4. The van der Waals surface area contributed by atoms with E-state index in [0.29, 0.717) is 26.3 Å². The Balaban J connectivity index is 1.72. The van der Waals surface area contributed by atoms with Crippen LogP contribution < -0.4 is 10.6 Å². The molecule has 2 rings (SSSR count). The van der Waals surface area contributed by atoms with E-state index in [-0.39, 0.29) is 0 Å². The average molecular weight is 379 g/mol. The first-order valence-corrected chi connectivity index (χ1v) is 9.28. The highest BCUT2D eigenvalue weighted by atomic mass is 35.5. The zero-order chi connectivity index (χ0) is 18.8. The first-order chi connectivity index (χ1) is 12.7. The summed E-state index contributed by atoms with van der Waals surface area (Å²) in [7, 11) is 1.75. The van der Waals surface area contributed by atoms with E-state index in [1.807, 2.05) is 24.3 Å². The average Bonchev–Trinajstić information content (AvgIpc) is 3.06. The van der Waals surface area contributed by atoms with Crippen LogP contribution in [0.25, 0.3) is 0 Å². The first-order valence-electron chi connectivity index (χ1n) is 8.90. The van der Waals surface area contributed by atoms with Gasteiger partial charge in [-0.15, -0.1) is 0 Å². The van der Waals surface area contributed by atoms with Crippen molar-refractivity contribution in [1.82, 2.24) is 15.8 Å². The van der Waals surface area contributed by atoms with Gasteiger partial charge in [-0.2, -0.15) is 0 Å². The molecule has 0 radical (unpaired) electrons. The molecule has 2 aromatic rings. The number of hydrogen-bond donors (Lipinski definition) is 2. The zero-order valence-electron chi connectivity index (χ0n) is 15.6.